The van der Waals surface area contributed by atoms with Crippen molar-refractivity contribution in [3.05, 3.63) is 71.4 Å². The van der Waals surface area contributed by atoms with Crippen LogP contribution in [0, 0.1) is 18.3 Å². The number of hydrogen-bond acceptors (Lipinski definition) is 6. The number of para-hydroxylation sites is 1. The second kappa shape index (κ2) is 9.28. The van der Waals surface area contributed by atoms with Crippen LogP contribution < -0.4 is 10.2 Å². The molecule has 3 atom stereocenters. The summed E-state index contributed by atoms with van der Waals surface area (Å²) in [6, 6.07) is 17.6. The van der Waals surface area contributed by atoms with Crippen molar-refractivity contribution in [3.8, 4) is 5.75 Å². The van der Waals surface area contributed by atoms with E-state index in [1.807, 2.05) is 61.5 Å². The number of likely N-dealkylation sites (tertiary alicyclic amines) is 1. The predicted octanol–water partition coefficient (Wildman–Crippen LogP) is 2.77. The molecule has 2 fully saturated rings. The van der Waals surface area contributed by atoms with Crippen molar-refractivity contribution in [2.24, 2.45) is 11.3 Å². The van der Waals surface area contributed by atoms with E-state index in [0.29, 0.717) is 38.2 Å². The molecule has 1 unspecified atom stereocenters. The maximum atomic E-state index is 13.3. The summed E-state index contributed by atoms with van der Waals surface area (Å²) in [5, 5.41) is 20.0. The van der Waals surface area contributed by atoms with Crippen molar-refractivity contribution in [2.75, 3.05) is 13.1 Å². The van der Waals surface area contributed by atoms with Gasteiger partial charge in [0.1, 0.15) is 12.4 Å². The van der Waals surface area contributed by atoms with Crippen LogP contribution in [0.2, 0.25) is 0 Å². The van der Waals surface area contributed by atoms with Crippen LogP contribution in [0.5, 0.6) is 5.75 Å². The molecule has 1 saturated carbocycles. The number of aromatic nitrogens is 1. The van der Waals surface area contributed by atoms with Gasteiger partial charge in [-0.2, -0.15) is 0 Å². The van der Waals surface area contributed by atoms with Gasteiger partial charge >= 0.3 is 0 Å². The highest BCUT2D eigenvalue weighted by Crippen LogP contribution is 2.56. The smallest absolute Gasteiger partial charge is 0.247 e. The largest absolute Gasteiger partial charge is 0.489 e. The molecule has 0 bridgehead atoms. The number of benzene rings is 2. The molecule has 3 N–H and O–H groups in total. The maximum Gasteiger partial charge on any atom is 0.247 e. The lowest BCUT2D eigenvalue weighted by Gasteiger charge is -2.24. The first-order chi connectivity index (χ1) is 16.9. The van der Waals surface area contributed by atoms with Crippen molar-refractivity contribution in [1.29, 1.82) is 0 Å². The molecule has 8 nitrogen and oxygen atoms in total. The van der Waals surface area contributed by atoms with E-state index in [4.69, 9.17) is 9.94 Å². The lowest BCUT2D eigenvalue weighted by Crippen LogP contribution is -2.40. The summed E-state index contributed by atoms with van der Waals surface area (Å²) in [7, 11) is 0. The number of hydroxylamine groups is 1. The van der Waals surface area contributed by atoms with Gasteiger partial charge in [-0.15, -0.1) is 0 Å². The summed E-state index contributed by atoms with van der Waals surface area (Å²) >= 11 is 0. The van der Waals surface area contributed by atoms with Gasteiger partial charge in [-0.1, -0.05) is 30.3 Å². The zero-order valence-corrected chi connectivity index (χ0v) is 19.6. The summed E-state index contributed by atoms with van der Waals surface area (Å²) < 4.78 is 6.05. The number of aliphatic hydroxyl groups excluding tert-OH is 1. The van der Waals surface area contributed by atoms with Gasteiger partial charge in [0.2, 0.25) is 11.8 Å². The summed E-state index contributed by atoms with van der Waals surface area (Å²) in [4.78, 5) is 31.6. The average Bonchev–Trinajstić information content (AvgIpc) is 3.43. The number of aliphatic hydroxyl groups is 1. The Balaban J connectivity index is 1.29. The van der Waals surface area contributed by atoms with Gasteiger partial charge in [-0.05, 0) is 56.0 Å². The summed E-state index contributed by atoms with van der Waals surface area (Å²) in [6.45, 7) is 3.13. The third-order valence-electron chi connectivity index (χ3n) is 7.15. The quantitative estimate of drug-likeness (QED) is 0.358. The molecule has 0 spiro atoms. The van der Waals surface area contributed by atoms with E-state index < -0.39 is 23.3 Å². The van der Waals surface area contributed by atoms with Crippen molar-refractivity contribution < 1.29 is 24.6 Å². The zero-order chi connectivity index (χ0) is 24.6. The maximum absolute atomic E-state index is 13.3. The van der Waals surface area contributed by atoms with E-state index >= 15 is 0 Å². The lowest BCUT2D eigenvalue weighted by atomic mass is 9.92. The molecule has 1 saturated heterocycles. The van der Waals surface area contributed by atoms with Crippen molar-refractivity contribution in [2.45, 2.75) is 38.9 Å². The van der Waals surface area contributed by atoms with Crippen LogP contribution in [-0.4, -0.2) is 51.2 Å². The lowest BCUT2D eigenvalue weighted by molar-refractivity contribution is -0.140. The molecule has 2 aromatic carbocycles. The Morgan fingerprint density at radius 2 is 1.97 bits per heavy atom. The molecule has 5 rings (SSSR count). The van der Waals surface area contributed by atoms with Gasteiger partial charge in [0.25, 0.3) is 0 Å². The molecule has 3 aromatic rings. The first kappa shape index (κ1) is 23.3. The Bertz CT molecular complexity index is 1260. The molecular weight excluding hydrogens is 446 g/mol. The van der Waals surface area contributed by atoms with Crippen LogP contribution in [0.3, 0.4) is 0 Å². The van der Waals surface area contributed by atoms with Crippen LogP contribution in [0.15, 0.2) is 54.6 Å². The van der Waals surface area contributed by atoms with Crippen LogP contribution >= 0.6 is 0 Å². The molecule has 2 amide bonds. The molecular formula is C27H29N3O5. The van der Waals surface area contributed by atoms with Gasteiger partial charge in [-0.25, -0.2) is 5.48 Å². The van der Waals surface area contributed by atoms with E-state index in [1.165, 1.54) is 0 Å². The van der Waals surface area contributed by atoms with E-state index in [0.717, 1.165) is 27.7 Å². The number of carbonyl (C=O) groups excluding carboxylic acids is 2. The standard InChI is InChI=1S/C27H29N3O5/c1-17-12-19(22-4-2-3-5-24(22)28-17)16-35-21-8-6-18(7-9-21)13-27(14-23(27)25(32)29-34)26(33)30-11-10-20(31)15-30/h2-9,12,20,23,31,34H,10-11,13-16H2,1H3,(H,29,32)/t20?,23-,27+/m1/s1. The van der Waals surface area contributed by atoms with E-state index in [9.17, 15) is 14.7 Å². The van der Waals surface area contributed by atoms with Gasteiger partial charge < -0.3 is 14.7 Å². The second-order valence-corrected chi connectivity index (χ2v) is 9.63. The summed E-state index contributed by atoms with van der Waals surface area (Å²) in [5.41, 5.74) is 4.64. The van der Waals surface area contributed by atoms with Crippen LogP contribution in [0.1, 0.15) is 29.7 Å². The fourth-order valence-corrected chi connectivity index (χ4v) is 5.22. The number of hydrogen-bond donors (Lipinski definition) is 3. The highest BCUT2D eigenvalue weighted by Gasteiger charge is 2.64. The van der Waals surface area contributed by atoms with Crippen LogP contribution in [0.4, 0.5) is 0 Å². The summed E-state index contributed by atoms with van der Waals surface area (Å²) in [6.07, 6.45) is 0.761. The fourth-order valence-electron chi connectivity index (χ4n) is 5.22. The second-order valence-electron chi connectivity index (χ2n) is 9.63. The number of nitrogens with one attached hydrogen (secondary N) is 1. The average molecular weight is 476 g/mol. The Hall–Kier alpha value is -3.49. The Kier molecular flexibility index (Phi) is 6.17. The van der Waals surface area contributed by atoms with Gasteiger partial charge in [0.15, 0.2) is 0 Å². The minimum atomic E-state index is -0.896. The first-order valence-electron chi connectivity index (χ1n) is 11.9. The molecule has 1 aromatic heterocycles. The van der Waals surface area contributed by atoms with Gasteiger partial charge in [0.05, 0.1) is 23.0 Å². The van der Waals surface area contributed by atoms with Crippen LogP contribution in [-0.2, 0) is 22.6 Å². The minimum Gasteiger partial charge on any atom is -0.489 e. The topological polar surface area (TPSA) is 112 Å². The molecule has 1 aliphatic heterocycles. The molecule has 2 heterocycles. The minimum absolute atomic E-state index is 0.136. The van der Waals surface area contributed by atoms with Crippen LogP contribution in [0.25, 0.3) is 10.9 Å². The molecule has 2 aliphatic rings. The normalized spacial score (nSPS) is 23.3. The number of amides is 2. The third-order valence-corrected chi connectivity index (χ3v) is 7.15. The molecule has 0 radical (unpaired) electrons. The van der Waals surface area contributed by atoms with E-state index in [-0.39, 0.29) is 12.5 Å². The number of pyridine rings is 1. The SMILES string of the molecule is Cc1cc(COc2ccc(C[C@]3(C(=O)N4CCC(O)C4)C[C@@H]3C(=O)NO)cc2)c2ccccc2n1. The Labute approximate surface area is 203 Å². The first-order valence-corrected chi connectivity index (χ1v) is 11.9. The van der Waals surface area contributed by atoms with E-state index in [2.05, 4.69) is 4.98 Å². The van der Waals surface area contributed by atoms with Crippen molar-refractivity contribution in [1.82, 2.24) is 15.4 Å². The Morgan fingerprint density at radius 3 is 2.69 bits per heavy atom. The molecule has 8 heteroatoms. The highest BCUT2D eigenvalue weighted by atomic mass is 16.5. The number of carbonyl (C=O) groups is 2. The number of β-amino-alcohol motifs (C(OH)–C–C–N with tert-alkyl or cyclic N) is 1. The van der Waals surface area contributed by atoms with E-state index in [1.54, 1.807) is 10.4 Å². The zero-order valence-electron chi connectivity index (χ0n) is 19.6. The number of nitrogens with zero attached hydrogens (tertiary/aromatic N) is 2. The summed E-state index contributed by atoms with van der Waals surface area (Å²) in [5.74, 6) is -0.562. The Morgan fingerprint density at radius 1 is 1.20 bits per heavy atom. The predicted molar refractivity (Wildman–Crippen MR) is 129 cm³/mol. The number of ether oxygens (including phenoxy) is 1. The number of fused-ring (bicyclic) bond motifs is 1. The highest BCUT2D eigenvalue weighted by molar-refractivity contribution is 5.96. The fraction of sp³-hybridized carbons (Fsp3) is 0.370. The van der Waals surface area contributed by atoms with Gasteiger partial charge in [-0.3, -0.25) is 19.8 Å². The molecule has 182 valence electrons. The molecule has 35 heavy (non-hydrogen) atoms. The number of aryl methyl sites for hydroxylation is 1. The monoisotopic (exact) mass is 475 g/mol. The van der Waals surface area contributed by atoms with Gasteiger partial charge in [0, 0.05) is 29.7 Å². The third kappa shape index (κ3) is 4.59. The molecule has 1 aliphatic carbocycles. The number of rotatable bonds is 7. The van der Waals surface area contributed by atoms with Crippen molar-refractivity contribution in [3.63, 3.8) is 0 Å². The van der Waals surface area contributed by atoms with Crippen molar-refractivity contribution >= 4 is 22.7 Å².